The van der Waals surface area contributed by atoms with Crippen molar-refractivity contribution in [2.45, 2.75) is 19.1 Å². The number of ether oxygens (including phenoxy) is 1. The Morgan fingerprint density at radius 3 is 2.12 bits per heavy atom. The molecule has 0 saturated heterocycles. The lowest BCUT2D eigenvalue weighted by Gasteiger charge is -2.24. The van der Waals surface area contributed by atoms with Crippen molar-refractivity contribution in [1.82, 2.24) is 0 Å². The van der Waals surface area contributed by atoms with Crippen LogP contribution < -0.4 is 4.74 Å². The van der Waals surface area contributed by atoms with Gasteiger partial charge in [-0.3, -0.25) is 4.99 Å². The summed E-state index contributed by atoms with van der Waals surface area (Å²) in [5.41, 5.74) is 8.42. The number of rotatable bonds is 4. The topological polar surface area (TPSA) is 34.0 Å². The van der Waals surface area contributed by atoms with E-state index in [1.54, 1.807) is 0 Å². The number of amidine groups is 1. The molecule has 2 heterocycles. The van der Waals surface area contributed by atoms with Gasteiger partial charge in [-0.2, -0.15) is 0 Å². The molecule has 2 aliphatic heterocycles. The highest BCUT2D eigenvalue weighted by Crippen LogP contribution is 2.42. The number of allylic oxidation sites excluding steroid dienone is 1. The van der Waals surface area contributed by atoms with E-state index in [1.165, 1.54) is 0 Å². The molecule has 2 aliphatic rings. The molecule has 0 aromatic heterocycles. The maximum Gasteiger partial charge on any atom is 0.168 e. The molecular weight excluding hydrogens is 416 g/mol. The molecule has 3 heteroatoms. The third-order valence-electron chi connectivity index (χ3n) is 6.40. The molecule has 2 unspecified atom stereocenters. The van der Waals surface area contributed by atoms with Gasteiger partial charge in [0.2, 0.25) is 0 Å². The predicted octanol–water partition coefficient (Wildman–Crippen LogP) is 7.14. The third-order valence-corrected chi connectivity index (χ3v) is 6.40. The number of benzene rings is 4. The summed E-state index contributed by atoms with van der Waals surface area (Å²) in [5.74, 6) is 1.60. The van der Waals surface area contributed by atoms with Crippen molar-refractivity contribution >= 4 is 17.1 Å². The van der Waals surface area contributed by atoms with Gasteiger partial charge in [0.15, 0.2) is 11.9 Å². The molecule has 34 heavy (non-hydrogen) atoms. The van der Waals surface area contributed by atoms with Crippen LogP contribution >= 0.6 is 0 Å². The van der Waals surface area contributed by atoms with E-state index in [1.807, 2.05) is 49.4 Å². The minimum Gasteiger partial charge on any atom is -0.481 e. The van der Waals surface area contributed by atoms with Gasteiger partial charge in [0.1, 0.15) is 11.8 Å². The molecule has 4 aromatic rings. The lowest BCUT2D eigenvalue weighted by molar-refractivity contribution is 0.275. The highest BCUT2D eigenvalue weighted by Gasteiger charge is 2.41. The maximum absolute atomic E-state index is 6.37. The van der Waals surface area contributed by atoms with E-state index in [-0.39, 0.29) is 12.1 Å². The fourth-order valence-electron chi connectivity index (χ4n) is 4.65. The van der Waals surface area contributed by atoms with Crippen LogP contribution in [0.15, 0.2) is 120 Å². The average Bonchev–Trinajstić information content (AvgIpc) is 3.27. The Morgan fingerprint density at radius 2 is 1.38 bits per heavy atom. The molecule has 0 N–H and O–H groups in total. The van der Waals surface area contributed by atoms with E-state index in [2.05, 4.69) is 67.2 Å². The minimum absolute atomic E-state index is 0.132. The van der Waals surface area contributed by atoms with E-state index in [4.69, 9.17) is 14.7 Å². The first-order chi connectivity index (χ1) is 16.7. The van der Waals surface area contributed by atoms with Crippen molar-refractivity contribution < 1.29 is 4.74 Å². The molecular formula is C31H24N2O. The summed E-state index contributed by atoms with van der Waals surface area (Å²) in [5, 5.41) is 0. The van der Waals surface area contributed by atoms with Crippen LogP contribution in [0.1, 0.15) is 35.2 Å². The van der Waals surface area contributed by atoms with Gasteiger partial charge >= 0.3 is 0 Å². The molecule has 0 amide bonds. The second-order valence-corrected chi connectivity index (χ2v) is 8.78. The quantitative estimate of drug-likeness (QED) is 0.332. The van der Waals surface area contributed by atoms with Gasteiger partial charge in [-0.15, -0.1) is 0 Å². The van der Waals surface area contributed by atoms with E-state index < -0.39 is 0 Å². The Kier molecular flexibility index (Phi) is 4.96. The molecule has 164 valence electrons. The first kappa shape index (κ1) is 20.4. The van der Waals surface area contributed by atoms with Crippen LogP contribution in [0.25, 0.3) is 16.7 Å². The van der Waals surface area contributed by atoms with Gasteiger partial charge in [0, 0.05) is 11.1 Å². The standard InChI is InChI=1S/C31H24N2O/c1-20(2)23-17-24(21-11-5-3-6-12-21)19-25(18-23)31-32-28(22-13-7-4-8-14-22)30-29(33-31)26-15-9-10-16-27(26)34-30/h3-19,29-30H,1H2,2H3. The van der Waals surface area contributed by atoms with Crippen LogP contribution in [0.2, 0.25) is 0 Å². The van der Waals surface area contributed by atoms with Crippen LogP contribution in [0.4, 0.5) is 0 Å². The molecule has 3 nitrogen and oxygen atoms in total. The zero-order valence-electron chi connectivity index (χ0n) is 19.0. The summed E-state index contributed by atoms with van der Waals surface area (Å²) >= 11 is 0. The smallest absolute Gasteiger partial charge is 0.168 e. The second-order valence-electron chi connectivity index (χ2n) is 8.78. The Bertz CT molecular complexity index is 1450. The van der Waals surface area contributed by atoms with Gasteiger partial charge in [-0.1, -0.05) is 91.0 Å². The molecule has 0 aliphatic carbocycles. The van der Waals surface area contributed by atoms with Crippen LogP contribution in [0.3, 0.4) is 0 Å². The van der Waals surface area contributed by atoms with Crippen LogP contribution in [-0.4, -0.2) is 17.7 Å². The van der Waals surface area contributed by atoms with Gasteiger partial charge in [-0.25, -0.2) is 4.99 Å². The fourth-order valence-corrected chi connectivity index (χ4v) is 4.65. The predicted molar refractivity (Wildman–Crippen MR) is 140 cm³/mol. The van der Waals surface area contributed by atoms with Crippen LogP contribution in [0.5, 0.6) is 5.75 Å². The number of hydrogen-bond acceptors (Lipinski definition) is 3. The number of aliphatic imine (C=N–C) groups is 2. The van der Waals surface area contributed by atoms with Crippen molar-refractivity contribution in [3.05, 3.63) is 132 Å². The maximum atomic E-state index is 6.37. The SMILES string of the molecule is C=C(C)c1cc(C2=NC3c4ccccc4OC3C(c3ccccc3)=N2)cc(-c2ccccc2)c1. The molecule has 0 spiro atoms. The molecule has 4 aromatic carbocycles. The summed E-state index contributed by atoms with van der Waals surface area (Å²) in [4.78, 5) is 10.2. The molecule has 0 fully saturated rings. The third kappa shape index (κ3) is 3.56. The minimum atomic E-state index is -0.235. The van der Waals surface area contributed by atoms with E-state index in [0.717, 1.165) is 56.3 Å². The van der Waals surface area contributed by atoms with E-state index >= 15 is 0 Å². The molecule has 6 rings (SSSR count). The van der Waals surface area contributed by atoms with Gasteiger partial charge in [0.25, 0.3) is 0 Å². The molecule has 2 atom stereocenters. The number of hydrogen-bond donors (Lipinski definition) is 0. The summed E-state index contributed by atoms with van der Waals surface area (Å²) < 4.78 is 6.37. The van der Waals surface area contributed by atoms with Crippen molar-refractivity contribution in [2.24, 2.45) is 9.98 Å². The average molecular weight is 441 g/mol. The Balaban J connectivity index is 1.54. The number of nitrogens with zero attached hydrogens (tertiary/aromatic N) is 2. The normalized spacial score (nSPS) is 18.3. The Hall–Kier alpha value is -4.24. The first-order valence-electron chi connectivity index (χ1n) is 11.5. The Morgan fingerprint density at radius 1 is 0.735 bits per heavy atom. The van der Waals surface area contributed by atoms with Gasteiger partial charge in [-0.05, 0) is 53.4 Å². The zero-order chi connectivity index (χ0) is 23.1. The zero-order valence-corrected chi connectivity index (χ0v) is 19.0. The Labute approximate surface area is 199 Å². The largest absolute Gasteiger partial charge is 0.481 e. The molecule has 0 saturated carbocycles. The van der Waals surface area contributed by atoms with Crippen LogP contribution in [-0.2, 0) is 0 Å². The van der Waals surface area contributed by atoms with E-state index in [9.17, 15) is 0 Å². The fraction of sp³-hybridized carbons (Fsp3) is 0.0968. The monoisotopic (exact) mass is 440 g/mol. The summed E-state index contributed by atoms with van der Waals surface area (Å²) in [6, 6.07) is 35.2. The lowest BCUT2D eigenvalue weighted by Crippen LogP contribution is -2.33. The first-order valence-corrected chi connectivity index (χ1v) is 11.5. The summed E-state index contributed by atoms with van der Waals surface area (Å²) in [6.07, 6.45) is -0.235. The van der Waals surface area contributed by atoms with Crippen molar-refractivity contribution in [3.8, 4) is 16.9 Å². The van der Waals surface area contributed by atoms with Gasteiger partial charge < -0.3 is 4.74 Å². The lowest BCUT2D eigenvalue weighted by atomic mass is 9.93. The highest BCUT2D eigenvalue weighted by molar-refractivity contribution is 6.16. The molecule has 0 radical (unpaired) electrons. The number of para-hydroxylation sites is 1. The van der Waals surface area contributed by atoms with E-state index in [0.29, 0.717) is 0 Å². The number of fused-ring (bicyclic) bond motifs is 3. The van der Waals surface area contributed by atoms with Gasteiger partial charge in [0.05, 0.1) is 5.71 Å². The van der Waals surface area contributed by atoms with Crippen molar-refractivity contribution in [3.63, 3.8) is 0 Å². The summed E-state index contributed by atoms with van der Waals surface area (Å²) in [6.45, 7) is 6.23. The highest BCUT2D eigenvalue weighted by atomic mass is 16.5. The summed E-state index contributed by atoms with van der Waals surface area (Å²) in [7, 11) is 0. The van der Waals surface area contributed by atoms with Crippen LogP contribution in [0, 0.1) is 0 Å². The van der Waals surface area contributed by atoms with Crippen molar-refractivity contribution in [2.75, 3.05) is 0 Å². The second kappa shape index (κ2) is 8.27. The molecule has 0 bridgehead atoms. The van der Waals surface area contributed by atoms with Crippen molar-refractivity contribution in [1.29, 1.82) is 0 Å².